The summed E-state index contributed by atoms with van der Waals surface area (Å²) in [5.74, 6) is 0. The SMILES string of the molecule is c1ccc(CN2CCC(NC3CC4CCC3O4)C2)cc1. The number of likely N-dealkylation sites (tertiary alicyclic amines) is 1. The molecule has 108 valence electrons. The molecule has 3 saturated heterocycles. The van der Waals surface area contributed by atoms with Gasteiger partial charge in [-0.15, -0.1) is 0 Å². The first-order valence-electron chi connectivity index (χ1n) is 8.04. The number of nitrogens with zero attached hydrogens (tertiary/aromatic N) is 1. The van der Waals surface area contributed by atoms with E-state index in [2.05, 4.69) is 40.5 Å². The molecule has 0 spiro atoms. The molecule has 4 rings (SSSR count). The zero-order valence-corrected chi connectivity index (χ0v) is 12.0. The van der Waals surface area contributed by atoms with E-state index in [0.29, 0.717) is 24.3 Å². The average molecular weight is 272 g/mol. The number of hydrogen-bond acceptors (Lipinski definition) is 3. The summed E-state index contributed by atoms with van der Waals surface area (Å²) in [4.78, 5) is 2.57. The van der Waals surface area contributed by atoms with Gasteiger partial charge in [0.2, 0.25) is 0 Å². The van der Waals surface area contributed by atoms with E-state index in [-0.39, 0.29) is 0 Å². The Bertz CT molecular complexity index is 450. The van der Waals surface area contributed by atoms with E-state index >= 15 is 0 Å². The van der Waals surface area contributed by atoms with Crippen molar-refractivity contribution in [2.45, 2.75) is 56.5 Å². The van der Waals surface area contributed by atoms with E-state index in [9.17, 15) is 0 Å². The highest BCUT2D eigenvalue weighted by molar-refractivity contribution is 5.14. The highest BCUT2D eigenvalue weighted by Crippen LogP contribution is 2.34. The minimum Gasteiger partial charge on any atom is -0.373 e. The zero-order valence-electron chi connectivity index (χ0n) is 12.0. The molecule has 2 bridgehead atoms. The molecule has 0 aliphatic carbocycles. The van der Waals surface area contributed by atoms with Gasteiger partial charge in [0.25, 0.3) is 0 Å². The summed E-state index contributed by atoms with van der Waals surface area (Å²) in [6.45, 7) is 3.49. The fourth-order valence-corrected chi connectivity index (χ4v) is 4.07. The lowest BCUT2D eigenvalue weighted by Crippen LogP contribution is -2.44. The fraction of sp³-hybridized carbons (Fsp3) is 0.647. The van der Waals surface area contributed by atoms with Gasteiger partial charge in [-0.2, -0.15) is 0 Å². The van der Waals surface area contributed by atoms with Crippen LogP contribution in [0.1, 0.15) is 31.2 Å². The molecular formula is C17H24N2O. The number of rotatable bonds is 4. The Morgan fingerprint density at radius 1 is 1.15 bits per heavy atom. The Hall–Kier alpha value is -0.900. The molecule has 3 aliphatic heterocycles. The van der Waals surface area contributed by atoms with Crippen molar-refractivity contribution in [1.82, 2.24) is 10.2 Å². The molecule has 0 aromatic heterocycles. The number of fused-ring (bicyclic) bond motifs is 2. The van der Waals surface area contributed by atoms with E-state index in [1.807, 2.05) is 0 Å². The second-order valence-electron chi connectivity index (χ2n) is 6.59. The lowest BCUT2D eigenvalue weighted by molar-refractivity contribution is 0.0960. The lowest BCUT2D eigenvalue weighted by atomic mass is 9.95. The van der Waals surface area contributed by atoms with Gasteiger partial charge in [0.05, 0.1) is 12.2 Å². The number of nitrogens with one attached hydrogen (secondary N) is 1. The van der Waals surface area contributed by atoms with Crippen LogP contribution in [-0.2, 0) is 11.3 Å². The molecule has 3 fully saturated rings. The van der Waals surface area contributed by atoms with Crippen LogP contribution in [0.2, 0.25) is 0 Å². The van der Waals surface area contributed by atoms with Crippen LogP contribution in [0.5, 0.6) is 0 Å². The highest BCUT2D eigenvalue weighted by atomic mass is 16.5. The molecule has 3 heteroatoms. The third-order valence-electron chi connectivity index (χ3n) is 5.08. The van der Waals surface area contributed by atoms with Crippen LogP contribution in [0.15, 0.2) is 30.3 Å². The summed E-state index contributed by atoms with van der Waals surface area (Å²) in [6, 6.07) is 12.1. The molecule has 1 aromatic rings. The van der Waals surface area contributed by atoms with Crippen LogP contribution in [-0.4, -0.2) is 42.3 Å². The van der Waals surface area contributed by atoms with Crippen molar-refractivity contribution < 1.29 is 4.74 Å². The summed E-state index contributed by atoms with van der Waals surface area (Å²) in [5, 5.41) is 3.86. The molecule has 0 radical (unpaired) electrons. The molecule has 0 saturated carbocycles. The largest absolute Gasteiger partial charge is 0.373 e. The van der Waals surface area contributed by atoms with E-state index in [1.165, 1.54) is 44.3 Å². The van der Waals surface area contributed by atoms with E-state index in [4.69, 9.17) is 4.74 Å². The first-order chi connectivity index (χ1) is 9.87. The molecule has 4 atom stereocenters. The molecule has 1 N–H and O–H groups in total. The highest BCUT2D eigenvalue weighted by Gasteiger charge is 2.41. The second-order valence-corrected chi connectivity index (χ2v) is 6.59. The summed E-state index contributed by atoms with van der Waals surface area (Å²) in [6.07, 6.45) is 6.12. The van der Waals surface area contributed by atoms with Crippen LogP contribution >= 0.6 is 0 Å². The van der Waals surface area contributed by atoms with E-state index in [0.717, 1.165) is 6.54 Å². The maximum absolute atomic E-state index is 5.94. The maximum Gasteiger partial charge on any atom is 0.0733 e. The summed E-state index contributed by atoms with van der Waals surface area (Å²) in [5.41, 5.74) is 1.43. The third-order valence-corrected chi connectivity index (χ3v) is 5.08. The van der Waals surface area contributed by atoms with Crippen molar-refractivity contribution in [3.05, 3.63) is 35.9 Å². The second kappa shape index (κ2) is 5.47. The molecule has 1 aromatic carbocycles. The van der Waals surface area contributed by atoms with E-state index in [1.54, 1.807) is 0 Å². The van der Waals surface area contributed by atoms with Crippen LogP contribution in [0.4, 0.5) is 0 Å². The van der Waals surface area contributed by atoms with Crippen LogP contribution < -0.4 is 5.32 Å². The summed E-state index contributed by atoms with van der Waals surface area (Å²) >= 11 is 0. The Morgan fingerprint density at radius 2 is 2.05 bits per heavy atom. The van der Waals surface area contributed by atoms with Crippen LogP contribution in [0.3, 0.4) is 0 Å². The van der Waals surface area contributed by atoms with Gasteiger partial charge < -0.3 is 10.1 Å². The summed E-state index contributed by atoms with van der Waals surface area (Å²) in [7, 11) is 0. The Balaban J connectivity index is 1.28. The van der Waals surface area contributed by atoms with Gasteiger partial charge in [0.15, 0.2) is 0 Å². The molecule has 0 amide bonds. The van der Waals surface area contributed by atoms with Gasteiger partial charge in [-0.1, -0.05) is 30.3 Å². The topological polar surface area (TPSA) is 24.5 Å². The van der Waals surface area contributed by atoms with Crippen molar-refractivity contribution in [2.75, 3.05) is 13.1 Å². The zero-order chi connectivity index (χ0) is 13.4. The van der Waals surface area contributed by atoms with Gasteiger partial charge in [-0.25, -0.2) is 0 Å². The quantitative estimate of drug-likeness (QED) is 0.909. The van der Waals surface area contributed by atoms with Crippen molar-refractivity contribution in [1.29, 1.82) is 0 Å². The van der Waals surface area contributed by atoms with Gasteiger partial charge in [-0.05, 0) is 31.2 Å². The minimum atomic E-state index is 0.503. The maximum atomic E-state index is 5.94. The number of benzene rings is 1. The minimum absolute atomic E-state index is 0.503. The summed E-state index contributed by atoms with van der Waals surface area (Å²) < 4.78 is 5.94. The van der Waals surface area contributed by atoms with Crippen molar-refractivity contribution in [3.63, 3.8) is 0 Å². The van der Waals surface area contributed by atoms with Crippen molar-refractivity contribution >= 4 is 0 Å². The Morgan fingerprint density at radius 3 is 2.80 bits per heavy atom. The first kappa shape index (κ1) is 12.8. The number of hydrogen-bond donors (Lipinski definition) is 1. The van der Waals surface area contributed by atoms with Crippen LogP contribution in [0, 0.1) is 0 Å². The molecule has 20 heavy (non-hydrogen) atoms. The normalized spacial score (nSPS) is 36.8. The third kappa shape index (κ3) is 2.62. The molecule has 3 heterocycles. The Kier molecular flexibility index (Phi) is 3.51. The fourth-order valence-electron chi connectivity index (χ4n) is 4.07. The smallest absolute Gasteiger partial charge is 0.0733 e. The van der Waals surface area contributed by atoms with Gasteiger partial charge in [0.1, 0.15) is 0 Å². The van der Waals surface area contributed by atoms with Crippen LogP contribution in [0.25, 0.3) is 0 Å². The monoisotopic (exact) mass is 272 g/mol. The first-order valence-corrected chi connectivity index (χ1v) is 8.04. The van der Waals surface area contributed by atoms with Crippen molar-refractivity contribution in [2.24, 2.45) is 0 Å². The lowest BCUT2D eigenvalue weighted by Gasteiger charge is -2.24. The van der Waals surface area contributed by atoms with Crippen molar-refractivity contribution in [3.8, 4) is 0 Å². The van der Waals surface area contributed by atoms with Gasteiger partial charge in [0, 0.05) is 31.7 Å². The van der Waals surface area contributed by atoms with E-state index < -0.39 is 0 Å². The van der Waals surface area contributed by atoms with Gasteiger partial charge in [-0.3, -0.25) is 4.90 Å². The Labute approximate surface area is 121 Å². The standard InChI is InChI=1S/C17H24N2O/c1-2-4-13(5-3-1)11-19-9-8-14(12-19)18-16-10-15-6-7-17(16)20-15/h1-5,14-18H,6-12H2. The average Bonchev–Trinajstić information content (AvgIpc) is 3.17. The predicted molar refractivity (Wildman–Crippen MR) is 79.6 cm³/mol. The molecule has 4 unspecified atom stereocenters. The van der Waals surface area contributed by atoms with Gasteiger partial charge >= 0.3 is 0 Å². The number of ether oxygens (including phenoxy) is 1. The molecule has 3 nitrogen and oxygen atoms in total. The molecule has 3 aliphatic rings. The molecular weight excluding hydrogens is 248 g/mol. The predicted octanol–water partition coefficient (Wildman–Crippen LogP) is 2.17.